The van der Waals surface area contributed by atoms with Gasteiger partial charge in [-0.25, -0.2) is 9.97 Å². The fourth-order valence-corrected chi connectivity index (χ4v) is 1.21. The lowest BCUT2D eigenvalue weighted by Crippen LogP contribution is -1.99. The van der Waals surface area contributed by atoms with Crippen molar-refractivity contribution in [3.63, 3.8) is 0 Å². The number of hydrogen-bond donors (Lipinski definition) is 1. The monoisotopic (exact) mass is 181 g/mol. The summed E-state index contributed by atoms with van der Waals surface area (Å²) in [5.74, 6) is 0.205. The van der Waals surface area contributed by atoms with Gasteiger partial charge in [0.15, 0.2) is 17.0 Å². The van der Waals surface area contributed by atoms with Crippen molar-refractivity contribution in [3.05, 3.63) is 12.4 Å². The van der Waals surface area contributed by atoms with E-state index in [1.54, 1.807) is 0 Å². The molecule has 2 aromatic heterocycles. The van der Waals surface area contributed by atoms with Crippen molar-refractivity contribution >= 4 is 17.0 Å². The summed E-state index contributed by atoms with van der Waals surface area (Å²) in [4.78, 5) is 11.3. The van der Waals surface area contributed by atoms with Gasteiger partial charge >= 0.3 is 0 Å². The van der Waals surface area contributed by atoms with E-state index in [4.69, 9.17) is 5.73 Å². The molecule has 0 bridgehead atoms. The third-order valence-electron chi connectivity index (χ3n) is 1.83. The summed E-state index contributed by atoms with van der Waals surface area (Å²) in [6.45, 7) is 2.28. The van der Waals surface area contributed by atoms with E-state index in [0.717, 1.165) is 0 Å². The Hall–Kier alpha value is -1.72. The molecule has 0 fully saturated rings. The van der Waals surface area contributed by atoms with Gasteiger partial charge in [-0.2, -0.15) is 9.37 Å². The van der Waals surface area contributed by atoms with Gasteiger partial charge in [0, 0.05) is 6.54 Å². The molecule has 2 rings (SSSR count). The van der Waals surface area contributed by atoms with Crippen LogP contribution >= 0.6 is 0 Å². The number of halogens is 1. The topological polar surface area (TPSA) is 69.6 Å². The molecule has 2 aromatic rings. The standard InChI is InChI=1S/C7H8FN5/c1-2-13-6-4(12-7(13)8)5(9)10-3-11-6/h3H,2H2,1H3,(H2,9,10,11). The first kappa shape index (κ1) is 7.90. The van der Waals surface area contributed by atoms with Gasteiger partial charge in [-0.3, -0.25) is 4.57 Å². The van der Waals surface area contributed by atoms with Crippen molar-refractivity contribution in [1.29, 1.82) is 0 Å². The zero-order chi connectivity index (χ0) is 9.42. The Balaban J connectivity index is 2.86. The maximum absolute atomic E-state index is 13.1. The van der Waals surface area contributed by atoms with Crippen LogP contribution in [0.5, 0.6) is 0 Å². The minimum Gasteiger partial charge on any atom is -0.382 e. The van der Waals surface area contributed by atoms with Crippen molar-refractivity contribution in [2.24, 2.45) is 0 Å². The Morgan fingerprint density at radius 1 is 1.54 bits per heavy atom. The average Bonchev–Trinajstić information content (AvgIpc) is 2.43. The summed E-state index contributed by atoms with van der Waals surface area (Å²) in [6, 6.07) is 0. The summed E-state index contributed by atoms with van der Waals surface area (Å²) >= 11 is 0. The largest absolute Gasteiger partial charge is 0.382 e. The van der Waals surface area contributed by atoms with Gasteiger partial charge in [0.1, 0.15) is 6.33 Å². The molecule has 0 atom stereocenters. The SMILES string of the molecule is CCn1c(F)nc2c(N)ncnc21. The van der Waals surface area contributed by atoms with Crippen molar-refractivity contribution in [2.45, 2.75) is 13.5 Å². The molecule has 68 valence electrons. The van der Waals surface area contributed by atoms with Crippen molar-refractivity contribution in [3.8, 4) is 0 Å². The van der Waals surface area contributed by atoms with Crippen molar-refractivity contribution in [1.82, 2.24) is 19.5 Å². The van der Waals surface area contributed by atoms with Crippen LogP contribution in [0.2, 0.25) is 0 Å². The summed E-state index contributed by atoms with van der Waals surface area (Å²) in [5, 5.41) is 0. The molecule has 0 amide bonds. The van der Waals surface area contributed by atoms with Gasteiger partial charge < -0.3 is 5.73 Å². The van der Waals surface area contributed by atoms with E-state index in [-0.39, 0.29) is 5.82 Å². The van der Waals surface area contributed by atoms with Crippen LogP contribution < -0.4 is 5.73 Å². The van der Waals surface area contributed by atoms with E-state index >= 15 is 0 Å². The molecule has 0 unspecified atom stereocenters. The fourth-order valence-electron chi connectivity index (χ4n) is 1.21. The van der Waals surface area contributed by atoms with Crippen LogP contribution in [-0.4, -0.2) is 19.5 Å². The third kappa shape index (κ3) is 1.02. The molecule has 2 N–H and O–H groups in total. The molecular formula is C7H8FN5. The number of nitrogen functional groups attached to an aromatic ring is 1. The van der Waals surface area contributed by atoms with E-state index < -0.39 is 6.08 Å². The molecule has 0 saturated heterocycles. The first-order valence-electron chi connectivity index (χ1n) is 3.86. The highest BCUT2D eigenvalue weighted by Crippen LogP contribution is 2.16. The van der Waals surface area contributed by atoms with Crippen LogP contribution in [0, 0.1) is 6.08 Å². The molecule has 0 aliphatic carbocycles. The van der Waals surface area contributed by atoms with Crippen molar-refractivity contribution in [2.75, 3.05) is 5.73 Å². The Bertz CT molecular complexity index is 449. The molecule has 5 nitrogen and oxygen atoms in total. The lowest BCUT2D eigenvalue weighted by atomic mass is 10.5. The van der Waals surface area contributed by atoms with Gasteiger partial charge in [0.25, 0.3) is 6.08 Å². The van der Waals surface area contributed by atoms with Gasteiger partial charge in [-0.1, -0.05) is 0 Å². The Morgan fingerprint density at radius 3 is 3.00 bits per heavy atom. The number of hydrogen-bond acceptors (Lipinski definition) is 4. The minimum absolute atomic E-state index is 0.205. The van der Waals surface area contributed by atoms with Gasteiger partial charge in [0.2, 0.25) is 0 Å². The van der Waals surface area contributed by atoms with Gasteiger partial charge in [0.05, 0.1) is 0 Å². The molecular weight excluding hydrogens is 173 g/mol. The third-order valence-corrected chi connectivity index (χ3v) is 1.83. The number of nitrogens with zero attached hydrogens (tertiary/aromatic N) is 4. The molecule has 0 radical (unpaired) electrons. The second kappa shape index (κ2) is 2.65. The molecule has 0 saturated carbocycles. The predicted molar refractivity (Wildman–Crippen MR) is 45.4 cm³/mol. The fraction of sp³-hybridized carbons (Fsp3) is 0.286. The number of imidazole rings is 1. The van der Waals surface area contributed by atoms with Gasteiger partial charge in [-0.05, 0) is 6.92 Å². The second-order valence-corrected chi connectivity index (χ2v) is 2.56. The normalized spacial score (nSPS) is 10.9. The van der Waals surface area contributed by atoms with E-state index in [2.05, 4.69) is 15.0 Å². The quantitative estimate of drug-likeness (QED) is 0.653. The van der Waals surface area contributed by atoms with E-state index in [1.165, 1.54) is 10.9 Å². The van der Waals surface area contributed by atoms with Gasteiger partial charge in [-0.15, -0.1) is 0 Å². The van der Waals surface area contributed by atoms with Crippen LogP contribution in [0.3, 0.4) is 0 Å². The number of anilines is 1. The van der Waals surface area contributed by atoms with Crippen LogP contribution in [-0.2, 0) is 6.54 Å². The first-order valence-corrected chi connectivity index (χ1v) is 3.86. The Labute approximate surface area is 73.4 Å². The smallest absolute Gasteiger partial charge is 0.291 e. The molecule has 0 aliphatic rings. The number of nitrogens with two attached hydrogens (primary N) is 1. The van der Waals surface area contributed by atoms with E-state index in [9.17, 15) is 4.39 Å². The highest BCUT2D eigenvalue weighted by Gasteiger charge is 2.12. The first-order chi connectivity index (χ1) is 6.24. The summed E-state index contributed by atoms with van der Waals surface area (Å²) < 4.78 is 14.5. The summed E-state index contributed by atoms with van der Waals surface area (Å²) in [6.07, 6.45) is 0.718. The van der Waals surface area contributed by atoms with E-state index in [1.807, 2.05) is 6.92 Å². The molecule has 13 heavy (non-hydrogen) atoms. The van der Waals surface area contributed by atoms with Crippen LogP contribution in [0.4, 0.5) is 10.2 Å². The minimum atomic E-state index is -0.579. The zero-order valence-electron chi connectivity index (χ0n) is 7.03. The number of fused-ring (bicyclic) bond motifs is 1. The number of aryl methyl sites for hydroxylation is 1. The van der Waals surface area contributed by atoms with E-state index in [0.29, 0.717) is 17.7 Å². The highest BCUT2D eigenvalue weighted by molar-refractivity contribution is 5.81. The second-order valence-electron chi connectivity index (χ2n) is 2.56. The molecule has 6 heteroatoms. The maximum atomic E-state index is 13.1. The molecule has 0 spiro atoms. The Kier molecular flexibility index (Phi) is 1.61. The Morgan fingerprint density at radius 2 is 2.31 bits per heavy atom. The van der Waals surface area contributed by atoms with Crippen LogP contribution in [0.25, 0.3) is 11.2 Å². The van der Waals surface area contributed by atoms with Crippen molar-refractivity contribution < 1.29 is 4.39 Å². The number of rotatable bonds is 1. The molecule has 2 heterocycles. The molecule has 0 aromatic carbocycles. The average molecular weight is 181 g/mol. The molecule has 0 aliphatic heterocycles. The highest BCUT2D eigenvalue weighted by atomic mass is 19.1. The number of aromatic nitrogens is 4. The zero-order valence-corrected chi connectivity index (χ0v) is 7.03. The summed E-state index contributed by atoms with van der Waals surface area (Å²) in [5.41, 5.74) is 6.26. The lowest BCUT2D eigenvalue weighted by Gasteiger charge is -1.97. The van der Waals surface area contributed by atoms with Crippen LogP contribution in [0.1, 0.15) is 6.92 Å². The maximum Gasteiger partial charge on any atom is 0.291 e. The predicted octanol–water partition coefficient (Wildman–Crippen LogP) is 0.568. The summed E-state index contributed by atoms with van der Waals surface area (Å²) in [7, 11) is 0. The lowest BCUT2D eigenvalue weighted by molar-refractivity contribution is 0.484. The van der Waals surface area contributed by atoms with Crippen LogP contribution in [0.15, 0.2) is 6.33 Å².